The molecule has 16 heavy (non-hydrogen) atoms. The standard InChI is InChI=1S/C11H14ClN3O/c1-13-6-7-15-9-5-3-4-8(12)10(9)14(2)11(15)16/h3-5,13H,6-7H2,1-2H3. The van der Waals surface area contributed by atoms with Gasteiger partial charge in [0, 0.05) is 20.1 Å². The van der Waals surface area contributed by atoms with Crippen LogP contribution in [0.5, 0.6) is 0 Å². The molecule has 0 saturated carbocycles. The summed E-state index contributed by atoms with van der Waals surface area (Å²) in [5.41, 5.74) is 1.65. The molecule has 0 radical (unpaired) electrons. The number of hydrogen-bond donors (Lipinski definition) is 1. The molecule has 1 heterocycles. The summed E-state index contributed by atoms with van der Waals surface area (Å²) in [5.74, 6) is 0. The molecule has 1 N–H and O–H groups in total. The monoisotopic (exact) mass is 239 g/mol. The molecule has 5 heteroatoms. The first-order valence-electron chi connectivity index (χ1n) is 5.15. The lowest BCUT2D eigenvalue weighted by atomic mass is 10.3. The number of para-hydroxylation sites is 1. The van der Waals surface area contributed by atoms with Gasteiger partial charge < -0.3 is 5.32 Å². The maximum atomic E-state index is 12.0. The van der Waals surface area contributed by atoms with E-state index in [0.29, 0.717) is 11.6 Å². The van der Waals surface area contributed by atoms with E-state index in [2.05, 4.69) is 5.32 Å². The molecule has 1 aromatic heterocycles. The molecule has 0 atom stereocenters. The molecule has 0 unspecified atom stereocenters. The summed E-state index contributed by atoms with van der Waals surface area (Å²) >= 11 is 6.09. The van der Waals surface area contributed by atoms with Gasteiger partial charge in [-0.1, -0.05) is 17.7 Å². The third-order valence-corrected chi connectivity index (χ3v) is 3.00. The second-order valence-electron chi connectivity index (χ2n) is 3.70. The molecule has 0 aliphatic heterocycles. The molecule has 0 aliphatic carbocycles. The lowest BCUT2D eigenvalue weighted by molar-refractivity contribution is 0.627. The van der Waals surface area contributed by atoms with Crippen molar-refractivity contribution >= 4 is 22.6 Å². The Labute approximate surface area is 98.4 Å². The minimum atomic E-state index is -0.0293. The van der Waals surface area contributed by atoms with Crippen LogP contribution >= 0.6 is 11.6 Å². The number of likely N-dealkylation sites (N-methyl/N-ethyl adjacent to an activating group) is 1. The van der Waals surface area contributed by atoms with Crippen molar-refractivity contribution < 1.29 is 0 Å². The molecule has 0 bridgehead atoms. The van der Waals surface area contributed by atoms with Crippen LogP contribution in [0.4, 0.5) is 0 Å². The Morgan fingerprint density at radius 2 is 2.19 bits per heavy atom. The van der Waals surface area contributed by atoms with Gasteiger partial charge in [-0.25, -0.2) is 4.79 Å². The highest BCUT2D eigenvalue weighted by Gasteiger charge is 2.11. The fraction of sp³-hybridized carbons (Fsp3) is 0.364. The van der Waals surface area contributed by atoms with Gasteiger partial charge in [0.05, 0.1) is 16.1 Å². The first kappa shape index (κ1) is 11.2. The van der Waals surface area contributed by atoms with Gasteiger partial charge >= 0.3 is 5.69 Å². The van der Waals surface area contributed by atoms with Crippen molar-refractivity contribution in [2.45, 2.75) is 6.54 Å². The van der Waals surface area contributed by atoms with E-state index in [1.807, 2.05) is 19.2 Å². The van der Waals surface area contributed by atoms with E-state index in [0.717, 1.165) is 17.6 Å². The summed E-state index contributed by atoms with van der Waals surface area (Å²) in [6.45, 7) is 1.40. The number of hydrogen-bond acceptors (Lipinski definition) is 2. The first-order valence-corrected chi connectivity index (χ1v) is 5.53. The molecule has 0 fully saturated rings. The molecule has 0 aliphatic rings. The summed E-state index contributed by atoms with van der Waals surface area (Å²) in [4.78, 5) is 12.0. The van der Waals surface area contributed by atoms with Gasteiger partial charge in [0.1, 0.15) is 0 Å². The second-order valence-corrected chi connectivity index (χ2v) is 4.11. The quantitative estimate of drug-likeness (QED) is 0.875. The van der Waals surface area contributed by atoms with Crippen molar-refractivity contribution in [2.75, 3.05) is 13.6 Å². The van der Waals surface area contributed by atoms with Gasteiger partial charge in [-0.3, -0.25) is 9.13 Å². The molecule has 86 valence electrons. The highest BCUT2D eigenvalue weighted by atomic mass is 35.5. The van der Waals surface area contributed by atoms with Gasteiger partial charge in [0.2, 0.25) is 0 Å². The van der Waals surface area contributed by atoms with Crippen LogP contribution in [-0.4, -0.2) is 22.7 Å². The predicted molar refractivity (Wildman–Crippen MR) is 66.1 cm³/mol. The third kappa shape index (κ3) is 1.64. The Bertz CT molecular complexity index is 570. The Hall–Kier alpha value is -1.26. The fourth-order valence-corrected chi connectivity index (χ4v) is 2.17. The average molecular weight is 240 g/mol. The molecular formula is C11H14ClN3O. The zero-order chi connectivity index (χ0) is 11.7. The zero-order valence-corrected chi connectivity index (χ0v) is 10.1. The molecule has 0 spiro atoms. The second kappa shape index (κ2) is 4.31. The smallest absolute Gasteiger partial charge is 0.318 e. The largest absolute Gasteiger partial charge is 0.328 e. The number of halogens is 1. The van der Waals surface area contributed by atoms with E-state index in [9.17, 15) is 4.79 Å². The Morgan fingerprint density at radius 1 is 1.44 bits per heavy atom. The predicted octanol–water partition coefficient (Wildman–Crippen LogP) is 1.21. The number of aryl methyl sites for hydroxylation is 1. The summed E-state index contributed by atoms with van der Waals surface area (Å²) in [5, 5.41) is 3.64. The Kier molecular flexibility index (Phi) is 3.03. The average Bonchev–Trinajstić information content (AvgIpc) is 2.51. The van der Waals surface area contributed by atoms with Gasteiger partial charge in [0.25, 0.3) is 0 Å². The van der Waals surface area contributed by atoms with Gasteiger partial charge in [-0.05, 0) is 19.2 Å². The minimum absolute atomic E-state index is 0.0293. The van der Waals surface area contributed by atoms with Crippen LogP contribution in [0.3, 0.4) is 0 Å². The van der Waals surface area contributed by atoms with Crippen LogP contribution < -0.4 is 11.0 Å². The van der Waals surface area contributed by atoms with Crippen LogP contribution in [0.25, 0.3) is 11.0 Å². The van der Waals surface area contributed by atoms with Crippen molar-refractivity contribution in [3.63, 3.8) is 0 Å². The van der Waals surface area contributed by atoms with Gasteiger partial charge in [-0.2, -0.15) is 0 Å². The van der Waals surface area contributed by atoms with E-state index in [4.69, 9.17) is 11.6 Å². The van der Waals surface area contributed by atoms with Crippen LogP contribution in [0.1, 0.15) is 0 Å². The van der Waals surface area contributed by atoms with Crippen LogP contribution in [0.2, 0.25) is 5.02 Å². The SMILES string of the molecule is CNCCn1c(=O)n(C)c2c(Cl)cccc21. The highest BCUT2D eigenvalue weighted by Crippen LogP contribution is 2.21. The summed E-state index contributed by atoms with van der Waals surface area (Å²) in [7, 11) is 3.61. The number of benzene rings is 1. The topological polar surface area (TPSA) is 39.0 Å². The summed E-state index contributed by atoms with van der Waals surface area (Å²) in [6, 6.07) is 5.57. The zero-order valence-electron chi connectivity index (χ0n) is 9.33. The van der Waals surface area contributed by atoms with Crippen molar-refractivity contribution in [2.24, 2.45) is 7.05 Å². The Balaban J connectivity index is 2.69. The highest BCUT2D eigenvalue weighted by molar-refractivity contribution is 6.34. The van der Waals surface area contributed by atoms with Crippen LogP contribution in [-0.2, 0) is 13.6 Å². The maximum Gasteiger partial charge on any atom is 0.328 e. The maximum absolute atomic E-state index is 12.0. The number of nitrogens with one attached hydrogen (secondary N) is 1. The number of aromatic nitrogens is 2. The van der Waals surface area contributed by atoms with E-state index >= 15 is 0 Å². The number of fused-ring (bicyclic) bond motifs is 1. The van der Waals surface area contributed by atoms with E-state index < -0.39 is 0 Å². The molecule has 2 rings (SSSR count). The third-order valence-electron chi connectivity index (χ3n) is 2.69. The Morgan fingerprint density at radius 3 is 2.88 bits per heavy atom. The van der Waals surface area contributed by atoms with E-state index in [-0.39, 0.29) is 5.69 Å². The van der Waals surface area contributed by atoms with Crippen LogP contribution in [0.15, 0.2) is 23.0 Å². The normalized spacial score (nSPS) is 11.2. The first-order chi connectivity index (χ1) is 7.66. The molecular weight excluding hydrogens is 226 g/mol. The molecule has 0 saturated heterocycles. The molecule has 4 nitrogen and oxygen atoms in total. The molecule has 0 amide bonds. The molecule has 1 aromatic carbocycles. The number of rotatable bonds is 3. The fourth-order valence-electron chi connectivity index (χ4n) is 1.87. The van der Waals surface area contributed by atoms with Crippen molar-refractivity contribution in [3.05, 3.63) is 33.7 Å². The van der Waals surface area contributed by atoms with E-state index in [1.165, 1.54) is 0 Å². The minimum Gasteiger partial charge on any atom is -0.318 e. The van der Waals surface area contributed by atoms with Crippen molar-refractivity contribution in [1.82, 2.24) is 14.5 Å². The molecule has 2 aromatic rings. The van der Waals surface area contributed by atoms with E-state index in [1.54, 1.807) is 22.2 Å². The van der Waals surface area contributed by atoms with Crippen molar-refractivity contribution in [1.29, 1.82) is 0 Å². The van der Waals surface area contributed by atoms with Gasteiger partial charge in [0.15, 0.2) is 0 Å². The van der Waals surface area contributed by atoms with Gasteiger partial charge in [-0.15, -0.1) is 0 Å². The number of imidazole rings is 1. The lowest BCUT2D eigenvalue weighted by Crippen LogP contribution is -2.26. The van der Waals surface area contributed by atoms with Crippen molar-refractivity contribution in [3.8, 4) is 0 Å². The van der Waals surface area contributed by atoms with Crippen LogP contribution in [0, 0.1) is 0 Å². The summed E-state index contributed by atoms with van der Waals surface area (Å²) < 4.78 is 3.32. The number of nitrogens with zero attached hydrogens (tertiary/aromatic N) is 2. The lowest BCUT2D eigenvalue weighted by Gasteiger charge is -2.02. The summed E-state index contributed by atoms with van der Waals surface area (Å²) in [6.07, 6.45) is 0.